The number of nitrogens with one attached hydrogen (secondary N) is 1. The highest BCUT2D eigenvalue weighted by Gasteiger charge is 2.18. The number of carboxylic acid groups (broad SMARTS) is 1. The Balaban J connectivity index is 4.32. The lowest BCUT2D eigenvalue weighted by molar-refractivity contribution is -0.147. The van der Waals surface area contributed by atoms with Gasteiger partial charge >= 0.3 is 11.9 Å². The van der Waals surface area contributed by atoms with Gasteiger partial charge in [-0.2, -0.15) is 0 Å². The van der Waals surface area contributed by atoms with Gasteiger partial charge in [0.05, 0.1) is 0 Å². The van der Waals surface area contributed by atoms with Crippen molar-refractivity contribution in [1.29, 1.82) is 0 Å². The summed E-state index contributed by atoms with van der Waals surface area (Å²) in [4.78, 5) is 36.1. The minimum atomic E-state index is -1.01. The van der Waals surface area contributed by atoms with Gasteiger partial charge in [0.1, 0.15) is 12.1 Å². The van der Waals surface area contributed by atoms with Gasteiger partial charge in [0.15, 0.2) is 0 Å². The number of hydrogen-bond donors (Lipinski definition) is 3. The molecule has 0 saturated carbocycles. The third-order valence-corrected chi connectivity index (χ3v) is 8.85. The predicted molar refractivity (Wildman–Crippen MR) is 211 cm³/mol. The average molecular weight is 701 g/mol. The fraction of sp³-hybridized carbons (Fsp3) is 0.744. The van der Waals surface area contributed by atoms with Crippen LogP contribution in [0.25, 0.3) is 0 Å². The van der Waals surface area contributed by atoms with Gasteiger partial charge in [-0.25, -0.2) is 4.79 Å². The Bertz CT molecular complexity index is 926. The fourth-order valence-electron chi connectivity index (χ4n) is 5.72. The fourth-order valence-corrected chi connectivity index (χ4v) is 5.72. The first-order chi connectivity index (χ1) is 24.4. The molecule has 0 heterocycles. The van der Waals surface area contributed by atoms with Gasteiger partial charge in [-0.05, 0) is 103 Å². The zero-order valence-electron chi connectivity index (χ0n) is 32.2. The van der Waals surface area contributed by atoms with E-state index in [4.69, 9.17) is 10.5 Å². The standard InChI is InChI=1S/C43H76N2O5/c1-3-5-7-9-11-13-14-15-16-17-18-19-21-27-31-37-42(47)50-39(33-28-24-20-12-10-8-6-4-2)34-29-25-22-23-26-30-36-41(46)45-40(43(48)49)35-32-38-44/h11-13,15-16,20,28,33,39-40H,3-10,14,17-19,21-27,29-32,34-38,44H2,1-2H3,(H,45,46)(H,48,49)/b13-11-,16-15-,20-12-,33-28-. The summed E-state index contributed by atoms with van der Waals surface area (Å²) in [5.74, 6) is -1.31. The molecule has 2 unspecified atom stereocenters. The molecular formula is C43H76N2O5. The van der Waals surface area contributed by atoms with Gasteiger partial charge in [0.25, 0.3) is 0 Å². The molecule has 288 valence electrons. The molecule has 0 aromatic rings. The smallest absolute Gasteiger partial charge is 0.326 e. The Morgan fingerprint density at radius 3 is 1.66 bits per heavy atom. The summed E-state index contributed by atoms with van der Waals surface area (Å²) in [5.41, 5.74) is 5.47. The quantitative estimate of drug-likeness (QED) is 0.0340. The normalized spacial score (nSPS) is 13.2. The van der Waals surface area contributed by atoms with E-state index in [2.05, 4.69) is 67.8 Å². The second-order valence-electron chi connectivity index (χ2n) is 13.7. The highest BCUT2D eigenvalue weighted by atomic mass is 16.5. The molecule has 2 atom stereocenters. The van der Waals surface area contributed by atoms with Crippen LogP contribution in [0.2, 0.25) is 0 Å². The number of carbonyl (C=O) groups is 3. The maximum absolute atomic E-state index is 12.7. The molecule has 0 spiro atoms. The SMILES string of the molecule is CCCCC/C=C\C/C=C\CCCCCCCC(=O)OC(/C=C\C/C=C\CCCCC)CCCCCCCCC(=O)NC(CCCN)C(=O)O. The lowest BCUT2D eigenvalue weighted by Crippen LogP contribution is -2.40. The Morgan fingerprint density at radius 2 is 1.10 bits per heavy atom. The highest BCUT2D eigenvalue weighted by Crippen LogP contribution is 2.15. The molecule has 0 radical (unpaired) electrons. The van der Waals surface area contributed by atoms with E-state index in [1.54, 1.807) is 0 Å². The summed E-state index contributed by atoms with van der Waals surface area (Å²) in [6.45, 7) is 4.87. The summed E-state index contributed by atoms with van der Waals surface area (Å²) in [5, 5.41) is 11.9. The summed E-state index contributed by atoms with van der Waals surface area (Å²) in [6, 6.07) is -0.857. The largest absolute Gasteiger partial charge is 0.480 e. The topological polar surface area (TPSA) is 119 Å². The molecule has 0 aliphatic heterocycles. The number of aliphatic carboxylic acids is 1. The molecule has 0 saturated heterocycles. The Labute approximate surface area is 307 Å². The van der Waals surface area contributed by atoms with Crippen molar-refractivity contribution in [1.82, 2.24) is 5.32 Å². The van der Waals surface area contributed by atoms with E-state index in [0.29, 0.717) is 32.2 Å². The van der Waals surface area contributed by atoms with Crippen molar-refractivity contribution < 1.29 is 24.2 Å². The molecule has 0 aromatic carbocycles. The lowest BCUT2D eigenvalue weighted by atomic mass is 10.0. The number of unbranched alkanes of at least 4 members (excludes halogenated alkanes) is 16. The third-order valence-electron chi connectivity index (χ3n) is 8.85. The second-order valence-corrected chi connectivity index (χ2v) is 13.7. The Kier molecular flexibility index (Phi) is 35.6. The van der Waals surface area contributed by atoms with Crippen molar-refractivity contribution in [3.63, 3.8) is 0 Å². The number of amides is 1. The number of hydrogen-bond acceptors (Lipinski definition) is 5. The van der Waals surface area contributed by atoms with Crippen molar-refractivity contribution in [2.75, 3.05) is 6.54 Å². The molecule has 1 amide bonds. The van der Waals surface area contributed by atoms with Gasteiger partial charge in [-0.15, -0.1) is 0 Å². The molecule has 0 aliphatic carbocycles. The van der Waals surface area contributed by atoms with E-state index in [0.717, 1.165) is 89.9 Å². The Hall–Kier alpha value is -2.67. The van der Waals surface area contributed by atoms with E-state index in [-0.39, 0.29) is 18.0 Å². The maximum Gasteiger partial charge on any atom is 0.326 e. The van der Waals surface area contributed by atoms with Crippen molar-refractivity contribution >= 4 is 17.8 Å². The lowest BCUT2D eigenvalue weighted by Gasteiger charge is -2.15. The van der Waals surface area contributed by atoms with E-state index in [9.17, 15) is 19.5 Å². The van der Waals surface area contributed by atoms with Crippen LogP contribution in [0.3, 0.4) is 0 Å². The molecule has 0 bridgehead atoms. The minimum absolute atomic E-state index is 0.0909. The van der Waals surface area contributed by atoms with Crippen molar-refractivity contribution in [3.8, 4) is 0 Å². The molecule has 0 fully saturated rings. The van der Waals surface area contributed by atoms with E-state index >= 15 is 0 Å². The summed E-state index contributed by atoms with van der Waals surface area (Å²) in [7, 11) is 0. The van der Waals surface area contributed by atoms with E-state index in [1.165, 1.54) is 57.8 Å². The predicted octanol–water partition coefficient (Wildman–Crippen LogP) is 11.2. The first kappa shape index (κ1) is 47.3. The molecule has 0 rings (SSSR count). The summed E-state index contributed by atoms with van der Waals surface area (Å²) < 4.78 is 5.92. The van der Waals surface area contributed by atoms with Crippen molar-refractivity contribution in [3.05, 3.63) is 48.6 Å². The average Bonchev–Trinajstić information content (AvgIpc) is 3.10. The van der Waals surface area contributed by atoms with Gasteiger partial charge in [0, 0.05) is 12.8 Å². The summed E-state index contributed by atoms with van der Waals surface area (Å²) >= 11 is 0. The molecule has 4 N–H and O–H groups in total. The van der Waals surface area contributed by atoms with Gasteiger partial charge in [0.2, 0.25) is 5.91 Å². The minimum Gasteiger partial charge on any atom is -0.480 e. The zero-order valence-corrected chi connectivity index (χ0v) is 32.2. The van der Waals surface area contributed by atoms with Crippen molar-refractivity contribution in [2.45, 2.75) is 199 Å². The summed E-state index contributed by atoms with van der Waals surface area (Å²) in [6.07, 6.45) is 44.6. The number of ether oxygens (including phenoxy) is 1. The molecule has 50 heavy (non-hydrogen) atoms. The van der Waals surface area contributed by atoms with Crippen molar-refractivity contribution in [2.24, 2.45) is 5.73 Å². The van der Waals surface area contributed by atoms with Crippen LogP contribution >= 0.6 is 0 Å². The number of nitrogens with two attached hydrogens (primary N) is 1. The van der Waals surface area contributed by atoms with Crippen LogP contribution < -0.4 is 11.1 Å². The zero-order chi connectivity index (χ0) is 36.8. The van der Waals surface area contributed by atoms with E-state index < -0.39 is 12.0 Å². The number of esters is 1. The van der Waals surface area contributed by atoms with Crippen LogP contribution in [0.15, 0.2) is 48.6 Å². The monoisotopic (exact) mass is 701 g/mol. The molecule has 0 aromatic heterocycles. The Morgan fingerprint density at radius 1 is 0.600 bits per heavy atom. The molecule has 7 heteroatoms. The molecule has 0 aliphatic rings. The first-order valence-electron chi connectivity index (χ1n) is 20.5. The van der Waals surface area contributed by atoms with Gasteiger partial charge < -0.3 is 20.9 Å². The number of rotatable bonds is 36. The first-order valence-corrected chi connectivity index (χ1v) is 20.5. The van der Waals surface area contributed by atoms with Crippen LogP contribution in [0, 0.1) is 0 Å². The van der Waals surface area contributed by atoms with Gasteiger partial charge in [-0.3, -0.25) is 9.59 Å². The van der Waals surface area contributed by atoms with Crippen LogP contribution in [-0.4, -0.2) is 41.6 Å². The van der Waals surface area contributed by atoms with E-state index in [1.807, 2.05) is 0 Å². The third kappa shape index (κ3) is 33.8. The highest BCUT2D eigenvalue weighted by molar-refractivity contribution is 5.83. The molecular weight excluding hydrogens is 624 g/mol. The maximum atomic E-state index is 12.7. The second kappa shape index (κ2) is 37.6. The van der Waals surface area contributed by atoms with Crippen LogP contribution in [0.5, 0.6) is 0 Å². The van der Waals surface area contributed by atoms with Crippen LogP contribution in [0.4, 0.5) is 0 Å². The number of carboxylic acids is 1. The molecule has 7 nitrogen and oxygen atoms in total. The number of allylic oxidation sites excluding steroid dienone is 7. The number of carbonyl (C=O) groups excluding carboxylic acids is 2. The van der Waals surface area contributed by atoms with Gasteiger partial charge in [-0.1, -0.05) is 127 Å². The van der Waals surface area contributed by atoms with Crippen LogP contribution in [-0.2, 0) is 19.1 Å². The van der Waals surface area contributed by atoms with Crippen LogP contribution in [0.1, 0.15) is 187 Å².